The zero-order valence-electron chi connectivity index (χ0n) is 12.9. The highest BCUT2D eigenvalue weighted by Crippen LogP contribution is 2.67. The van der Waals surface area contributed by atoms with Gasteiger partial charge in [-0.25, -0.2) is 4.99 Å². The third-order valence-electron chi connectivity index (χ3n) is 5.33. The van der Waals surface area contributed by atoms with E-state index in [1.807, 2.05) is 30.3 Å². The van der Waals surface area contributed by atoms with E-state index < -0.39 is 5.41 Å². The van der Waals surface area contributed by atoms with E-state index in [-0.39, 0.29) is 17.7 Å². The molecule has 3 atom stereocenters. The number of methoxy groups -OCH3 is 1. The van der Waals surface area contributed by atoms with Gasteiger partial charge in [-0.1, -0.05) is 37.5 Å². The van der Waals surface area contributed by atoms with E-state index in [2.05, 4.69) is 11.6 Å². The van der Waals surface area contributed by atoms with Crippen LogP contribution in [0, 0.1) is 17.8 Å². The minimum atomic E-state index is -0.614. The summed E-state index contributed by atoms with van der Waals surface area (Å²) in [6.07, 6.45) is 6.61. The van der Waals surface area contributed by atoms with Crippen LogP contribution in [0.5, 0.6) is 5.75 Å². The number of nitrogens with two attached hydrogens (primary N) is 1. The quantitative estimate of drug-likeness (QED) is 0.516. The van der Waals surface area contributed by atoms with Crippen molar-refractivity contribution in [1.82, 2.24) is 0 Å². The molecule has 0 saturated heterocycles. The molecule has 1 aromatic rings. The van der Waals surface area contributed by atoms with Crippen molar-refractivity contribution in [3.05, 3.63) is 42.5 Å². The Morgan fingerprint density at radius 3 is 2.82 bits per heavy atom. The molecule has 2 saturated carbocycles. The first kappa shape index (κ1) is 14.8. The molecule has 116 valence electrons. The van der Waals surface area contributed by atoms with Crippen LogP contribution in [0.2, 0.25) is 0 Å². The molecule has 3 unspecified atom stereocenters. The Balaban J connectivity index is 2.07. The van der Waals surface area contributed by atoms with E-state index in [0.29, 0.717) is 5.92 Å². The second kappa shape index (κ2) is 5.59. The second-order valence-electron chi connectivity index (χ2n) is 6.16. The zero-order chi connectivity index (χ0) is 15.7. The Bertz CT molecular complexity index is 621. The molecule has 22 heavy (non-hydrogen) atoms. The highest BCUT2D eigenvalue weighted by atomic mass is 16.5. The maximum absolute atomic E-state index is 12.8. The van der Waals surface area contributed by atoms with E-state index in [0.717, 1.165) is 17.7 Å². The average molecular weight is 298 g/mol. The second-order valence-corrected chi connectivity index (χ2v) is 6.16. The number of hydrogen-bond donors (Lipinski definition) is 1. The van der Waals surface area contributed by atoms with E-state index in [1.165, 1.54) is 19.3 Å². The van der Waals surface area contributed by atoms with Crippen LogP contribution in [0.1, 0.15) is 24.8 Å². The van der Waals surface area contributed by atoms with Crippen LogP contribution < -0.4 is 10.5 Å². The first-order chi connectivity index (χ1) is 10.7. The molecule has 3 rings (SSSR count). The van der Waals surface area contributed by atoms with Gasteiger partial charge in [-0.3, -0.25) is 4.79 Å². The van der Waals surface area contributed by atoms with Gasteiger partial charge >= 0.3 is 0 Å². The molecule has 0 aromatic heterocycles. The zero-order valence-corrected chi connectivity index (χ0v) is 12.9. The van der Waals surface area contributed by atoms with Crippen molar-refractivity contribution in [3.63, 3.8) is 0 Å². The average Bonchev–Trinajstić information content (AvgIpc) is 3.15. The topological polar surface area (TPSA) is 64.7 Å². The van der Waals surface area contributed by atoms with Crippen molar-refractivity contribution >= 4 is 12.2 Å². The van der Waals surface area contributed by atoms with Crippen molar-refractivity contribution < 1.29 is 9.53 Å². The van der Waals surface area contributed by atoms with Crippen LogP contribution in [-0.2, 0) is 10.2 Å². The summed E-state index contributed by atoms with van der Waals surface area (Å²) in [6.45, 7) is 3.95. The molecular weight excluding hydrogens is 276 g/mol. The van der Waals surface area contributed by atoms with Crippen LogP contribution in [0.15, 0.2) is 41.9 Å². The summed E-state index contributed by atoms with van der Waals surface area (Å²) < 4.78 is 5.32. The summed E-state index contributed by atoms with van der Waals surface area (Å²) in [5, 5.41) is 0. The summed E-state index contributed by atoms with van der Waals surface area (Å²) in [5.41, 5.74) is 5.73. The van der Waals surface area contributed by atoms with Gasteiger partial charge in [-0.2, -0.15) is 0 Å². The summed E-state index contributed by atoms with van der Waals surface area (Å²) in [7, 11) is 1.63. The predicted octanol–water partition coefficient (Wildman–Crippen LogP) is 2.68. The van der Waals surface area contributed by atoms with Crippen molar-refractivity contribution in [3.8, 4) is 5.75 Å². The fourth-order valence-electron chi connectivity index (χ4n) is 4.09. The normalized spacial score (nSPS) is 30.8. The van der Waals surface area contributed by atoms with E-state index in [4.69, 9.17) is 10.5 Å². The Morgan fingerprint density at radius 2 is 2.27 bits per heavy atom. The smallest absolute Gasteiger partial charge is 0.258 e. The van der Waals surface area contributed by atoms with E-state index in [9.17, 15) is 4.79 Å². The van der Waals surface area contributed by atoms with Gasteiger partial charge in [0.15, 0.2) is 0 Å². The molecule has 1 aromatic carbocycles. The van der Waals surface area contributed by atoms with Crippen LogP contribution in [0.4, 0.5) is 0 Å². The number of carbonyl (C=O) groups is 1. The van der Waals surface area contributed by atoms with Crippen LogP contribution in [0.3, 0.4) is 0 Å². The Hall–Kier alpha value is -2.10. The number of rotatable bonds is 5. The SMILES string of the molecule is C=CC1C(C2CCC2)C1(C(=O)N=CN)c1cccc(OC)c1. The van der Waals surface area contributed by atoms with Crippen molar-refractivity contribution in [1.29, 1.82) is 0 Å². The largest absolute Gasteiger partial charge is 0.497 e. The lowest BCUT2D eigenvalue weighted by Crippen LogP contribution is -2.27. The Kier molecular flexibility index (Phi) is 3.77. The number of ether oxygens (including phenoxy) is 1. The molecular formula is C18H22N2O2. The highest BCUT2D eigenvalue weighted by molar-refractivity contribution is 5.97. The van der Waals surface area contributed by atoms with E-state index in [1.54, 1.807) is 7.11 Å². The molecule has 2 aliphatic rings. The first-order valence-corrected chi connectivity index (χ1v) is 7.76. The van der Waals surface area contributed by atoms with Gasteiger partial charge < -0.3 is 10.5 Å². The number of aliphatic imine (C=N–C) groups is 1. The molecule has 2 fully saturated rings. The number of amides is 1. The number of allylic oxidation sites excluding steroid dienone is 1. The Morgan fingerprint density at radius 1 is 1.50 bits per heavy atom. The molecule has 0 spiro atoms. The monoisotopic (exact) mass is 298 g/mol. The van der Waals surface area contributed by atoms with Crippen LogP contribution in [0.25, 0.3) is 0 Å². The molecule has 2 N–H and O–H groups in total. The van der Waals surface area contributed by atoms with Gasteiger partial charge in [0.05, 0.1) is 18.9 Å². The summed E-state index contributed by atoms with van der Waals surface area (Å²) in [4.78, 5) is 16.7. The van der Waals surface area contributed by atoms with Gasteiger partial charge in [-0.05, 0) is 35.4 Å². The molecule has 4 heteroatoms. The van der Waals surface area contributed by atoms with Crippen LogP contribution >= 0.6 is 0 Å². The lowest BCUT2D eigenvalue weighted by molar-refractivity contribution is -0.121. The summed E-state index contributed by atoms with van der Waals surface area (Å²) >= 11 is 0. The Labute approximate surface area is 131 Å². The predicted molar refractivity (Wildman–Crippen MR) is 86.9 cm³/mol. The number of hydrogen-bond acceptors (Lipinski definition) is 2. The van der Waals surface area contributed by atoms with Gasteiger partial charge in [-0.15, -0.1) is 6.58 Å². The van der Waals surface area contributed by atoms with Gasteiger partial charge in [0.25, 0.3) is 5.91 Å². The van der Waals surface area contributed by atoms with Gasteiger partial charge in [0.1, 0.15) is 5.75 Å². The highest BCUT2D eigenvalue weighted by Gasteiger charge is 2.71. The van der Waals surface area contributed by atoms with E-state index >= 15 is 0 Å². The standard InChI is InChI=1S/C18H22N2O2/c1-3-15-16(12-6-4-7-12)18(15,17(21)20-11-19)13-8-5-9-14(10-13)22-2/h3,5,8-12,15-16H,1,4,6-7H2,2H3,(H2,19,20,21). The van der Waals surface area contributed by atoms with Crippen molar-refractivity contribution in [2.24, 2.45) is 28.5 Å². The van der Waals surface area contributed by atoms with Crippen molar-refractivity contribution in [2.75, 3.05) is 7.11 Å². The summed E-state index contributed by atoms with van der Waals surface area (Å²) in [6, 6.07) is 7.74. The lowest BCUT2D eigenvalue weighted by Gasteiger charge is -2.28. The first-order valence-electron chi connectivity index (χ1n) is 7.76. The molecule has 0 heterocycles. The maximum atomic E-state index is 12.8. The minimum absolute atomic E-state index is 0.126. The fraction of sp³-hybridized carbons (Fsp3) is 0.444. The lowest BCUT2D eigenvalue weighted by atomic mass is 9.77. The molecule has 4 nitrogen and oxygen atoms in total. The fourth-order valence-corrected chi connectivity index (χ4v) is 4.09. The summed E-state index contributed by atoms with van der Waals surface area (Å²) in [5.74, 6) is 1.57. The van der Waals surface area contributed by atoms with Crippen LogP contribution in [-0.4, -0.2) is 19.4 Å². The third kappa shape index (κ3) is 1.97. The number of carbonyl (C=O) groups excluding carboxylic acids is 1. The maximum Gasteiger partial charge on any atom is 0.258 e. The third-order valence-corrected chi connectivity index (χ3v) is 5.33. The minimum Gasteiger partial charge on any atom is -0.497 e. The molecule has 2 aliphatic carbocycles. The number of benzene rings is 1. The van der Waals surface area contributed by atoms with Gasteiger partial charge in [0.2, 0.25) is 0 Å². The van der Waals surface area contributed by atoms with Crippen molar-refractivity contribution in [2.45, 2.75) is 24.7 Å². The molecule has 0 bridgehead atoms. The van der Waals surface area contributed by atoms with Gasteiger partial charge in [0, 0.05) is 0 Å². The molecule has 1 amide bonds. The molecule has 0 aliphatic heterocycles. The number of nitrogens with zero attached hydrogens (tertiary/aromatic N) is 1. The molecule has 0 radical (unpaired) electrons.